The molecule has 0 spiro atoms. The van der Waals surface area contributed by atoms with Gasteiger partial charge < -0.3 is 0 Å². The highest BCUT2D eigenvalue weighted by Gasteiger charge is 2.39. The van der Waals surface area contributed by atoms with Crippen LogP contribution in [0.3, 0.4) is 0 Å². The molecule has 1 aromatic rings. The summed E-state index contributed by atoms with van der Waals surface area (Å²) < 4.78 is 0. The standard InChI is InChI=1S/C14H19NS/c1-4-9-14(10-16-3)11(2)15-13-8-6-5-7-12(13)14/h5-8H,4,9-10H2,1-3H3. The van der Waals surface area contributed by atoms with Crippen LogP contribution in [0.4, 0.5) is 5.69 Å². The zero-order valence-electron chi connectivity index (χ0n) is 10.3. The summed E-state index contributed by atoms with van der Waals surface area (Å²) in [4.78, 5) is 4.75. The van der Waals surface area contributed by atoms with Crippen molar-refractivity contribution in [3.8, 4) is 0 Å². The first-order valence-corrected chi connectivity index (χ1v) is 7.28. The van der Waals surface area contributed by atoms with Gasteiger partial charge in [0, 0.05) is 16.9 Å². The minimum atomic E-state index is 0.199. The zero-order valence-corrected chi connectivity index (χ0v) is 11.1. The van der Waals surface area contributed by atoms with Crippen LogP contribution in [0.5, 0.6) is 0 Å². The fourth-order valence-corrected chi connectivity index (χ4v) is 3.70. The van der Waals surface area contributed by atoms with Crippen LogP contribution in [-0.2, 0) is 5.41 Å². The average molecular weight is 233 g/mol. The second-order valence-electron chi connectivity index (χ2n) is 4.48. The van der Waals surface area contributed by atoms with E-state index in [1.165, 1.54) is 29.8 Å². The molecule has 0 amide bonds. The predicted molar refractivity (Wildman–Crippen MR) is 74.2 cm³/mol. The Hall–Kier alpha value is -0.760. The predicted octanol–water partition coefficient (Wildman–Crippen LogP) is 4.19. The van der Waals surface area contributed by atoms with Crippen molar-refractivity contribution in [2.75, 3.05) is 12.0 Å². The van der Waals surface area contributed by atoms with Gasteiger partial charge in [-0.05, 0) is 31.2 Å². The molecule has 2 heteroatoms. The molecule has 1 aliphatic rings. The molecule has 1 heterocycles. The summed E-state index contributed by atoms with van der Waals surface area (Å²) in [5.74, 6) is 1.15. The summed E-state index contributed by atoms with van der Waals surface area (Å²) >= 11 is 1.92. The van der Waals surface area contributed by atoms with Gasteiger partial charge in [-0.3, -0.25) is 4.99 Å². The van der Waals surface area contributed by atoms with Crippen LogP contribution in [0.1, 0.15) is 32.3 Å². The molecule has 1 nitrogen and oxygen atoms in total. The highest BCUT2D eigenvalue weighted by atomic mass is 32.2. The van der Waals surface area contributed by atoms with Crippen LogP contribution in [-0.4, -0.2) is 17.7 Å². The molecule has 0 saturated heterocycles. The summed E-state index contributed by atoms with van der Waals surface area (Å²) in [6.07, 6.45) is 4.60. The lowest BCUT2D eigenvalue weighted by molar-refractivity contribution is 0.584. The van der Waals surface area contributed by atoms with Crippen LogP contribution in [0.15, 0.2) is 29.3 Å². The largest absolute Gasteiger partial charge is 0.257 e. The maximum absolute atomic E-state index is 4.75. The number of rotatable bonds is 4. The van der Waals surface area contributed by atoms with E-state index in [-0.39, 0.29) is 5.41 Å². The first-order chi connectivity index (χ1) is 7.74. The molecule has 0 radical (unpaired) electrons. The summed E-state index contributed by atoms with van der Waals surface area (Å²) in [6, 6.07) is 8.60. The number of benzene rings is 1. The maximum Gasteiger partial charge on any atom is 0.0671 e. The van der Waals surface area contributed by atoms with E-state index in [9.17, 15) is 0 Å². The molecule has 1 unspecified atom stereocenters. The number of nitrogens with zero attached hydrogens (tertiary/aromatic N) is 1. The summed E-state index contributed by atoms with van der Waals surface area (Å²) in [5, 5.41) is 0. The Morgan fingerprint density at radius 1 is 1.31 bits per heavy atom. The zero-order chi connectivity index (χ0) is 11.6. The fourth-order valence-electron chi connectivity index (χ4n) is 2.70. The van der Waals surface area contributed by atoms with Crippen molar-refractivity contribution in [2.24, 2.45) is 4.99 Å². The third kappa shape index (κ3) is 1.69. The van der Waals surface area contributed by atoms with E-state index in [1.807, 2.05) is 11.8 Å². The first kappa shape index (κ1) is 11.7. The van der Waals surface area contributed by atoms with Crippen LogP contribution in [0.25, 0.3) is 0 Å². The number of hydrogen-bond donors (Lipinski definition) is 0. The molecule has 1 aromatic carbocycles. The lowest BCUT2D eigenvalue weighted by Gasteiger charge is -2.30. The van der Waals surface area contributed by atoms with E-state index >= 15 is 0 Å². The second kappa shape index (κ2) is 4.62. The molecule has 2 rings (SSSR count). The molecule has 86 valence electrons. The third-order valence-electron chi connectivity index (χ3n) is 3.47. The maximum atomic E-state index is 4.75. The lowest BCUT2D eigenvalue weighted by Crippen LogP contribution is -2.34. The molecule has 0 aliphatic carbocycles. The smallest absolute Gasteiger partial charge is 0.0671 e. The monoisotopic (exact) mass is 233 g/mol. The van der Waals surface area contributed by atoms with Gasteiger partial charge in [0.2, 0.25) is 0 Å². The van der Waals surface area contributed by atoms with Crippen molar-refractivity contribution in [1.82, 2.24) is 0 Å². The van der Waals surface area contributed by atoms with Gasteiger partial charge in [0.15, 0.2) is 0 Å². The van der Waals surface area contributed by atoms with E-state index in [0.29, 0.717) is 0 Å². The van der Waals surface area contributed by atoms with Gasteiger partial charge in [-0.25, -0.2) is 0 Å². The molecule has 16 heavy (non-hydrogen) atoms. The third-order valence-corrected chi connectivity index (χ3v) is 4.25. The minimum absolute atomic E-state index is 0.199. The number of para-hydroxylation sites is 1. The molecule has 1 atom stereocenters. The van der Waals surface area contributed by atoms with Crippen molar-refractivity contribution >= 4 is 23.2 Å². The molecule has 0 saturated carbocycles. The Labute approximate surface area is 102 Å². The van der Waals surface area contributed by atoms with Crippen LogP contribution in [0, 0.1) is 0 Å². The highest BCUT2D eigenvalue weighted by Crippen LogP contribution is 2.44. The van der Waals surface area contributed by atoms with Crippen molar-refractivity contribution in [3.63, 3.8) is 0 Å². The number of aliphatic imine (C=N–C) groups is 1. The van der Waals surface area contributed by atoms with Crippen LogP contribution >= 0.6 is 11.8 Å². The highest BCUT2D eigenvalue weighted by molar-refractivity contribution is 7.98. The van der Waals surface area contributed by atoms with E-state index in [0.717, 1.165) is 5.75 Å². The van der Waals surface area contributed by atoms with E-state index in [1.54, 1.807) is 0 Å². The van der Waals surface area contributed by atoms with Crippen molar-refractivity contribution < 1.29 is 0 Å². The van der Waals surface area contributed by atoms with Gasteiger partial charge in [-0.2, -0.15) is 11.8 Å². The Kier molecular flexibility index (Phi) is 3.38. The van der Waals surface area contributed by atoms with Crippen molar-refractivity contribution in [3.05, 3.63) is 29.8 Å². The molecular weight excluding hydrogens is 214 g/mol. The van der Waals surface area contributed by atoms with E-state index < -0.39 is 0 Å². The van der Waals surface area contributed by atoms with Gasteiger partial charge in [0.1, 0.15) is 0 Å². The Balaban J connectivity index is 2.49. The normalized spacial score (nSPS) is 23.1. The second-order valence-corrected chi connectivity index (χ2v) is 5.35. The topological polar surface area (TPSA) is 12.4 Å². The summed E-state index contributed by atoms with van der Waals surface area (Å²) in [7, 11) is 0. The lowest BCUT2D eigenvalue weighted by atomic mass is 9.76. The van der Waals surface area contributed by atoms with Crippen molar-refractivity contribution in [1.29, 1.82) is 0 Å². The number of hydrogen-bond acceptors (Lipinski definition) is 2. The van der Waals surface area contributed by atoms with Gasteiger partial charge in [-0.15, -0.1) is 0 Å². The van der Waals surface area contributed by atoms with Gasteiger partial charge in [0.05, 0.1) is 5.69 Å². The van der Waals surface area contributed by atoms with E-state index in [2.05, 4.69) is 44.4 Å². The summed E-state index contributed by atoms with van der Waals surface area (Å²) in [6.45, 7) is 4.45. The quantitative estimate of drug-likeness (QED) is 0.759. The molecule has 0 N–H and O–H groups in total. The number of fused-ring (bicyclic) bond motifs is 1. The van der Waals surface area contributed by atoms with Gasteiger partial charge in [0.25, 0.3) is 0 Å². The summed E-state index contributed by atoms with van der Waals surface area (Å²) in [5.41, 5.74) is 4.11. The Morgan fingerprint density at radius 3 is 2.75 bits per heavy atom. The van der Waals surface area contributed by atoms with E-state index in [4.69, 9.17) is 4.99 Å². The minimum Gasteiger partial charge on any atom is -0.257 e. The van der Waals surface area contributed by atoms with Gasteiger partial charge in [-0.1, -0.05) is 31.5 Å². The fraction of sp³-hybridized carbons (Fsp3) is 0.500. The molecule has 0 aromatic heterocycles. The van der Waals surface area contributed by atoms with Crippen LogP contribution in [0.2, 0.25) is 0 Å². The average Bonchev–Trinajstić information content (AvgIpc) is 2.54. The first-order valence-electron chi connectivity index (χ1n) is 5.89. The SMILES string of the molecule is CCCC1(CSC)C(C)=Nc2ccccc21. The molecule has 0 bridgehead atoms. The molecule has 1 aliphatic heterocycles. The van der Waals surface area contributed by atoms with Gasteiger partial charge >= 0.3 is 0 Å². The Morgan fingerprint density at radius 2 is 2.06 bits per heavy atom. The number of thioether (sulfide) groups is 1. The van der Waals surface area contributed by atoms with Crippen LogP contribution < -0.4 is 0 Å². The molecular formula is C14H19NS. The molecule has 0 fully saturated rings. The van der Waals surface area contributed by atoms with Crippen molar-refractivity contribution in [2.45, 2.75) is 32.1 Å². The Bertz CT molecular complexity index is 403.